The van der Waals surface area contributed by atoms with Crippen LogP contribution >= 0.6 is 5.51 Å². The molecule has 0 aliphatic rings. The van der Waals surface area contributed by atoms with Crippen LogP contribution in [-0.2, 0) is 0 Å². The van der Waals surface area contributed by atoms with Crippen molar-refractivity contribution in [2.75, 3.05) is 0 Å². The van der Waals surface area contributed by atoms with E-state index in [0.29, 0.717) is 0 Å². The first-order valence-electron chi connectivity index (χ1n) is 14.2. The summed E-state index contributed by atoms with van der Waals surface area (Å²) in [7, 11) is 0. The van der Waals surface area contributed by atoms with E-state index in [0.717, 1.165) is 49.4 Å². The Labute approximate surface area is 254 Å². The van der Waals surface area contributed by atoms with Crippen LogP contribution in [0.2, 0.25) is 0 Å². The minimum atomic E-state index is -2.28. The van der Waals surface area contributed by atoms with Gasteiger partial charge in [-0.1, -0.05) is 0 Å². The van der Waals surface area contributed by atoms with Gasteiger partial charge in [-0.05, 0) is 0 Å². The van der Waals surface area contributed by atoms with Gasteiger partial charge in [0, 0.05) is 0 Å². The molecule has 0 spiro atoms. The summed E-state index contributed by atoms with van der Waals surface area (Å²) >= 11 is 3.80. The van der Waals surface area contributed by atoms with Crippen LogP contribution in [0.25, 0.3) is 60.2 Å². The molecule has 0 aliphatic carbocycles. The molecule has 4 nitrogen and oxygen atoms in total. The number of rotatable bonds is 3. The van der Waals surface area contributed by atoms with E-state index in [9.17, 15) is 0 Å². The molecule has 43 heavy (non-hydrogen) atoms. The van der Waals surface area contributed by atoms with Crippen molar-refractivity contribution in [3.8, 4) is 0 Å². The summed E-state index contributed by atoms with van der Waals surface area (Å²) in [6.07, 6.45) is 3.81. The van der Waals surface area contributed by atoms with E-state index in [4.69, 9.17) is 15.0 Å². The van der Waals surface area contributed by atoms with Gasteiger partial charge in [-0.3, -0.25) is 0 Å². The SMILES string of the molecule is [Se]=P(c1ccc2cccnc2c1)(c1ccc2c(c1)c1ccccc1n1c3ccccc3nc21)c1ccnc2ccccc12. The van der Waals surface area contributed by atoms with Gasteiger partial charge in [-0.25, -0.2) is 0 Å². The van der Waals surface area contributed by atoms with Crippen molar-refractivity contribution in [3.05, 3.63) is 140 Å². The number of benzene rings is 5. The van der Waals surface area contributed by atoms with Crippen LogP contribution in [0, 0.1) is 0 Å². The first-order valence-corrected chi connectivity index (χ1v) is 18.2. The molecular weight excluding hydrogens is 610 g/mol. The fraction of sp³-hybridized carbons (Fsp3) is 0. The first kappa shape index (κ1) is 24.9. The van der Waals surface area contributed by atoms with E-state index >= 15 is 0 Å². The Bertz CT molecular complexity index is 2620. The molecule has 5 aromatic carbocycles. The van der Waals surface area contributed by atoms with Crippen molar-refractivity contribution in [2.45, 2.75) is 0 Å². The molecule has 0 amide bonds. The molecular formula is C37H23N4PSe. The Morgan fingerprint density at radius 3 is 2.14 bits per heavy atom. The molecule has 0 saturated heterocycles. The van der Waals surface area contributed by atoms with Crippen molar-refractivity contribution in [3.63, 3.8) is 0 Å². The van der Waals surface area contributed by atoms with E-state index in [2.05, 4.69) is 141 Å². The number of para-hydroxylation sites is 4. The predicted octanol–water partition coefficient (Wildman–Crippen LogP) is 7.27. The van der Waals surface area contributed by atoms with Crippen molar-refractivity contribution >= 4 is 96.7 Å². The Balaban J connectivity index is 1.41. The number of hydrogen-bond donors (Lipinski definition) is 0. The third kappa shape index (κ3) is 3.63. The molecule has 0 N–H and O–H groups in total. The van der Waals surface area contributed by atoms with Gasteiger partial charge in [0.05, 0.1) is 0 Å². The molecule has 9 rings (SSSR count). The zero-order valence-electron chi connectivity index (χ0n) is 22.9. The fourth-order valence-corrected chi connectivity index (χ4v) is 11.8. The van der Waals surface area contributed by atoms with Gasteiger partial charge in [-0.2, -0.15) is 0 Å². The molecule has 0 bridgehead atoms. The van der Waals surface area contributed by atoms with E-state index in [-0.39, 0.29) is 0 Å². The second-order valence-corrected chi connectivity index (χ2v) is 17.0. The summed E-state index contributed by atoms with van der Waals surface area (Å²) in [5.41, 5.74) is 3.97. The molecule has 0 radical (unpaired) electrons. The van der Waals surface area contributed by atoms with E-state index in [1.54, 1.807) is 0 Å². The number of imidazole rings is 1. The van der Waals surface area contributed by atoms with E-state index in [1.807, 2.05) is 18.5 Å². The zero-order valence-corrected chi connectivity index (χ0v) is 25.5. The van der Waals surface area contributed by atoms with Gasteiger partial charge in [-0.15, -0.1) is 0 Å². The van der Waals surface area contributed by atoms with Crippen LogP contribution < -0.4 is 15.9 Å². The molecule has 1 atom stereocenters. The summed E-state index contributed by atoms with van der Waals surface area (Å²) in [6, 6.07) is 45.5. The quantitative estimate of drug-likeness (QED) is 0.117. The molecule has 0 aliphatic heterocycles. The van der Waals surface area contributed by atoms with Crippen LogP contribution in [0.1, 0.15) is 0 Å². The van der Waals surface area contributed by atoms with Gasteiger partial charge in [0.25, 0.3) is 0 Å². The van der Waals surface area contributed by atoms with Gasteiger partial charge >= 0.3 is 256 Å². The second kappa shape index (κ2) is 9.42. The third-order valence-corrected chi connectivity index (χ3v) is 15.5. The number of hydrogen-bond acceptors (Lipinski definition) is 3. The molecule has 202 valence electrons. The van der Waals surface area contributed by atoms with Crippen LogP contribution in [0.4, 0.5) is 0 Å². The van der Waals surface area contributed by atoms with E-state index in [1.165, 1.54) is 26.7 Å². The standard InChI is InChI=1S/C37H23N4PSe/c43-42(26-16-15-24-8-7-20-38-33(24)23-26,36-19-21-39-31-11-3-1-10-29(31)36)25-17-18-28-30(22-25)27-9-2-5-13-34(27)41-35-14-6-4-12-32(35)40-37(28)41/h1-23H. The fourth-order valence-electron chi connectivity index (χ4n) is 6.53. The van der Waals surface area contributed by atoms with Crippen LogP contribution in [-0.4, -0.2) is 34.5 Å². The van der Waals surface area contributed by atoms with Crippen molar-refractivity contribution in [1.29, 1.82) is 0 Å². The summed E-state index contributed by atoms with van der Waals surface area (Å²) < 4.78 is 2.30. The van der Waals surface area contributed by atoms with Crippen molar-refractivity contribution in [2.24, 2.45) is 0 Å². The monoisotopic (exact) mass is 634 g/mol. The topological polar surface area (TPSA) is 43.1 Å². The predicted molar refractivity (Wildman–Crippen MR) is 183 cm³/mol. The third-order valence-electron chi connectivity index (χ3n) is 8.52. The molecule has 0 fully saturated rings. The molecule has 1 unspecified atom stereocenters. The Hall–Kier alpha value is -4.66. The maximum absolute atomic E-state index is 5.12. The molecule has 6 heteroatoms. The first-order chi connectivity index (χ1) is 21.2. The summed E-state index contributed by atoms with van der Waals surface area (Å²) in [5, 5.41) is 9.63. The zero-order chi connectivity index (χ0) is 28.5. The van der Waals surface area contributed by atoms with Crippen molar-refractivity contribution < 1.29 is 0 Å². The van der Waals surface area contributed by atoms with Crippen LogP contribution in [0.3, 0.4) is 0 Å². The number of aromatic nitrogens is 4. The summed E-state index contributed by atoms with van der Waals surface area (Å²) in [6.45, 7) is 0. The molecule has 0 saturated carbocycles. The summed E-state index contributed by atoms with van der Waals surface area (Å²) in [4.78, 5) is 14.6. The van der Waals surface area contributed by atoms with Gasteiger partial charge in [0.1, 0.15) is 0 Å². The van der Waals surface area contributed by atoms with Crippen LogP contribution in [0.15, 0.2) is 140 Å². The van der Waals surface area contributed by atoms with Crippen LogP contribution in [0.5, 0.6) is 0 Å². The maximum atomic E-state index is 5.12. The van der Waals surface area contributed by atoms with Gasteiger partial charge in [0.15, 0.2) is 0 Å². The Morgan fingerprint density at radius 1 is 0.512 bits per heavy atom. The number of pyridine rings is 3. The number of fused-ring (bicyclic) bond motifs is 10. The van der Waals surface area contributed by atoms with E-state index < -0.39 is 5.51 Å². The molecule has 4 heterocycles. The average Bonchev–Trinajstić information content (AvgIpc) is 3.47. The Kier molecular flexibility index (Phi) is 5.45. The molecule has 9 aromatic rings. The molecule has 4 aromatic heterocycles. The number of nitrogens with zero attached hydrogens (tertiary/aromatic N) is 4. The van der Waals surface area contributed by atoms with Gasteiger partial charge < -0.3 is 0 Å². The Morgan fingerprint density at radius 2 is 1.23 bits per heavy atom. The van der Waals surface area contributed by atoms with Gasteiger partial charge in [0.2, 0.25) is 0 Å². The average molecular weight is 634 g/mol. The van der Waals surface area contributed by atoms with Crippen molar-refractivity contribution in [1.82, 2.24) is 19.4 Å². The normalized spacial score (nSPS) is 13.4. The summed E-state index contributed by atoms with van der Waals surface area (Å²) in [5.74, 6) is 0. The minimum absolute atomic E-state index is 0.981. The second-order valence-electron chi connectivity index (χ2n) is 10.8.